The summed E-state index contributed by atoms with van der Waals surface area (Å²) in [6.45, 7) is 3.95. The van der Waals surface area contributed by atoms with E-state index in [1.165, 1.54) is 0 Å². The third-order valence-corrected chi connectivity index (χ3v) is 7.13. The topological polar surface area (TPSA) is 98.2 Å². The zero-order valence-electron chi connectivity index (χ0n) is 19.6. The monoisotopic (exact) mass is 503 g/mol. The largest absolute Gasteiger partial charge is 0.419 e. The van der Waals surface area contributed by atoms with Gasteiger partial charge in [0.15, 0.2) is 0 Å². The van der Waals surface area contributed by atoms with Gasteiger partial charge in [-0.1, -0.05) is 0 Å². The van der Waals surface area contributed by atoms with Crippen LogP contribution in [-0.4, -0.2) is 70.6 Å². The zero-order chi connectivity index (χ0) is 24.8. The lowest BCUT2D eigenvalue weighted by molar-refractivity contribution is -0.137. The van der Waals surface area contributed by atoms with Gasteiger partial charge in [0, 0.05) is 55.6 Å². The number of hydrogen-bond donors (Lipinski definition) is 3. The van der Waals surface area contributed by atoms with Gasteiger partial charge in [-0.3, -0.25) is 0 Å². The lowest BCUT2D eigenvalue weighted by Gasteiger charge is -2.33. The van der Waals surface area contributed by atoms with Gasteiger partial charge in [-0.15, -0.1) is 0 Å². The molecule has 3 unspecified atom stereocenters. The summed E-state index contributed by atoms with van der Waals surface area (Å²) < 4.78 is 56.0. The summed E-state index contributed by atoms with van der Waals surface area (Å²) in [5.74, 6) is 0.146. The summed E-state index contributed by atoms with van der Waals surface area (Å²) in [4.78, 5) is 12.9. The maximum absolute atomic E-state index is 14.1. The molecule has 12 heteroatoms. The molecule has 3 aliphatic rings. The number of anilines is 1. The first kappa shape index (κ1) is 23.6. The first-order chi connectivity index (χ1) is 17.4. The van der Waals surface area contributed by atoms with Crippen molar-refractivity contribution < 1.29 is 22.6 Å². The highest BCUT2D eigenvalue weighted by Crippen LogP contribution is 2.40. The van der Waals surface area contributed by atoms with E-state index in [2.05, 4.69) is 30.9 Å². The number of alkyl halides is 3. The average molecular weight is 504 g/mol. The molecule has 3 aliphatic heterocycles. The molecular formula is C24H28F3N7O2. The van der Waals surface area contributed by atoms with Crippen molar-refractivity contribution in [1.29, 1.82) is 0 Å². The Bertz CT molecular complexity index is 1240. The molecule has 3 N–H and O–H groups in total. The van der Waals surface area contributed by atoms with E-state index in [0.717, 1.165) is 45.1 Å². The van der Waals surface area contributed by atoms with Crippen LogP contribution in [-0.2, 0) is 15.7 Å². The quantitative estimate of drug-likeness (QED) is 0.500. The molecule has 0 bridgehead atoms. The van der Waals surface area contributed by atoms with Crippen LogP contribution in [0.2, 0.25) is 0 Å². The van der Waals surface area contributed by atoms with Gasteiger partial charge in [-0.05, 0) is 31.5 Å². The fraction of sp³-hybridized carbons (Fsp3) is 0.542. The lowest BCUT2D eigenvalue weighted by atomic mass is 9.90. The van der Waals surface area contributed by atoms with E-state index in [4.69, 9.17) is 9.47 Å². The number of hydrogen-bond acceptors (Lipinski definition) is 8. The van der Waals surface area contributed by atoms with Gasteiger partial charge in [0.1, 0.15) is 17.4 Å². The third kappa shape index (κ3) is 4.42. The molecule has 9 nitrogen and oxygen atoms in total. The molecule has 0 amide bonds. The van der Waals surface area contributed by atoms with E-state index in [9.17, 15) is 13.2 Å². The highest BCUT2D eigenvalue weighted by Gasteiger charge is 2.42. The summed E-state index contributed by atoms with van der Waals surface area (Å²) >= 11 is 0. The summed E-state index contributed by atoms with van der Waals surface area (Å²) in [6.07, 6.45) is 1.86. The van der Waals surface area contributed by atoms with Crippen LogP contribution in [0.5, 0.6) is 0 Å². The Morgan fingerprint density at radius 1 is 1.19 bits per heavy atom. The molecule has 6 heterocycles. The molecule has 0 saturated carbocycles. The van der Waals surface area contributed by atoms with Crippen LogP contribution in [0.25, 0.3) is 22.3 Å². The molecule has 192 valence electrons. The number of piperidine rings is 1. The number of rotatable bonds is 4. The molecule has 0 aromatic carbocycles. The number of pyridine rings is 1. The Morgan fingerprint density at radius 2 is 2.11 bits per heavy atom. The SMILES string of the molecule is FC(F)(F)c1cnc(NC2COC3(CCCNC3)C2)nc1-c1cn(C2CNCCO2)c2ncccc12. The number of halogens is 3. The molecule has 3 fully saturated rings. The molecule has 6 rings (SSSR count). The van der Waals surface area contributed by atoms with E-state index >= 15 is 0 Å². The maximum atomic E-state index is 14.1. The van der Waals surface area contributed by atoms with Crippen LogP contribution in [0.15, 0.2) is 30.7 Å². The number of nitrogens with zero attached hydrogens (tertiary/aromatic N) is 4. The summed E-state index contributed by atoms with van der Waals surface area (Å²) in [5.41, 5.74) is -0.445. The second kappa shape index (κ2) is 9.25. The number of aromatic nitrogens is 4. The minimum atomic E-state index is -4.62. The van der Waals surface area contributed by atoms with Gasteiger partial charge in [0.05, 0.1) is 30.6 Å². The minimum Gasteiger partial charge on any atom is -0.371 e. The summed E-state index contributed by atoms with van der Waals surface area (Å²) in [6, 6.07) is 3.38. The van der Waals surface area contributed by atoms with Crippen molar-refractivity contribution in [3.8, 4) is 11.3 Å². The molecule has 3 atom stereocenters. The highest BCUT2D eigenvalue weighted by atomic mass is 19.4. The van der Waals surface area contributed by atoms with Crippen molar-refractivity contribution >= 4 is 17.0 Å². The van der Waals surface area contributed by atoms with E-state index in [1.807, 2.05) is 0 Å². The van der Waals surface area contributed by atoms with Crippen LogP contribution in [0.4, 0.5) is 19.1 Å². The summed E-state index contributed by atoms with van der Waals surface area (Å²) in [7, 11) is 0. The zero-order valence-corrected chi connectivity index (χ0v) is 19.6. The Hall–Kier alpha value is -2.80. The molecule has 3 saturated heterocycles. The predicted octanol–water partition coefficient (Wildman–Crippen LogP) is 2.95. The number of morpholine rings is 1. The molecular weight excluding hydrogens is 475 g/mol. The smallest absolute Gasteiger partial charge is 0.371 e. The third-order valence-electron chi connectivity index (χ3n) is 7.13. The van der Waals surface area contributed by atoms with Crippen molar-refractivity contribution in [1.82, 2.24) is 30.2 Å². The lowest BCUT2D eigenvalue weighted by Crippen LogP contribution is -2.45. The number of nitrogens with one attached hydrogen (secondary N) is 3. The van der Waals surface area contributed by atoms with E-state index in [1.54, 1.807) is 29.1 Å². The van der Waals surface area contributed by atoms with Gasteiger partial charge >= 0.3 is 6.18 Å². The van der Waals surface area contributed by atoms with E-state index < -0.39 is 11.7 Å². The van der Waals surface area contributed by atoms with E-state index in [0.29, 0.717) is 36.4 Å². The van der Waals surface area contributed by atoms with Crippen LogP contribution in [0, 0.1) is 0 Å². The summed E-state index contributed by atoms with van der Waals surface area (Å²) in [5, 5.41) is 10.4. The molecule has 3 aromatic heterocycles. The second-order valence-corrected chi connectivity index (χ2v) is 9.63. The highest BCUT2D eigenvalue weighted by molar-refractivity contribution is 5.94. The van der Waals surface area contributed by atoms with Gasteiger partial charge in [-0.2, -0.15) is 13.2 Å². The molecule has 3 aromatic rings. The van der Waals surface area contributed by atoms with Crippen molar-refractivity contribution in [2.45, 2.75) is 43.3 Å². The first-order valence-corrected chi connectivity index (χ1v) is 12.3. The first-order valence-electron chi connectivity index (χ1n) is 12.3. The van der Waals surface area contributed by atoms with E-state index in [-0.39, 0.29) is 29.5 Å². The number of fused-ring (bicyclic) bond motifs is 1. The normalized spacial score (nSPS) is 27.1. The van der Waals surface area contributed by atoms with Crippen molar-refractivity contribution in [2.24, 2.45) is 0 Å². The van der Waals surface area contributed by atoms with Crippen LogP contribution >= 0.6 is 0 Å². The fourth-order valence-corrected chi connectivity index (χ4v) is 5.44. The van der Waals surface area contributed by atoms with Gasteiger partial charge < -0.3 is 30.0 Å². The van der Waals surface area contributed by atoms with Crippen molar-refractivity contribution in [2.75, 3.05) is 44.7 Å². The molecule has 1 spiro atoms. The molecule has 0 radical (unpaired) electrons. The predicted molar refractivity (Wildman–Crippen MR) is 126 cm³/mol. The van der Waals surface area contributed by atoms with Gasteiger partial charge in [0.25, 0.3) is 0 Å². The minimum absolute atomic E-state index is 0.0841. The molecule has 36 heavy (non-hydrogen) atoms. The Kier molecular flexibility index (Phi) is 6.06. The van der Waals surface area contributed by atoms with Crippen LogP contribution in [0.1, 0.15) is 31.1 Å². The van der Waals surface area contributed by atoms with Crippen molar-refractivity contribution in [3.05, 3.63) is 36.3 Å². The Labute approximate surface area is 205 Å². The Balaban J connectivity index is 1.37. The average Bonchev–Trinajstić information content (AvgIpc) is 3.46. The standard InChI is InChI=1S/C24H28F3N7O2/c25-24(26,27)18-10-31-22(32-15-9-23(36-13-15)4-2-5-29-14-23)33-20(18)17-12-34(19-11-28-7-8-35-19)21-16(17)3-1-6-30-21/h1,3,6,10,12,15,19,28-29H,2,4-5,7-9,11,13-14H2,(H,31,32,33). The maximum Gasteiger partial charge on any atom is 0.419 e. The Morgan fingerprint density at radius 3 is 2.89 bits per heavy atom. The number of ether oxygens (including phenoxy) is 2. The fourth-order valence-electron chi connectivity index (χ4n) is 5.44. The van der Waals surface area contributed by atoms with Gasteiger partial charge in [-0.25, -0.2) is 15.0 Å². The van der Waals surface area contributed by atoms with Crippen LogP contribution in [0.3, 0.4) is 0 Å². The second-order valence-electron chi connectivity index (χ2n) is 9.63. The molecule has 0 aliphatic carbocycles. The van der Waals surface area contributed by atoms with Crippen molar-refractivity contribution in [3.63, 3.8) is 0 Å². The van der Waals surface area contributed by atoms with Gasteiger partial charge in [0.2, 0.25) is 5.95 Å². The van der Waals surface area contributed by atoms with Crippen LogP contribution < -0.4 is 16.0 Å².